The van der Waals surface area contributed by atoms with E-state index in [0.29, 0.717) is 5.69 Å². The van der Waals surface area contributed by atoms with Gasteiger partial charge >= 0.3 is 5.97 Å². The Morgan fingerprint density at radius 2 is 2.10 bits per heavy atom. The number of nitrogens with zero attached hydrogens (tertiary/aromatic N) is 1. The first kappa shape index (κ1) is 16.3. The topological polar surface area (TPSA) is 83.9 Å². The predicted octanol–water partition coefficient (Wildman–Crippen LogP) is 1.50. The number of phenols is 1. The molecule has 0 radical (unpaired) electrons. The van der Waals surface area contributed by atoms with Crippen molar-refractivity contribution in [2.45, 2.75) is 19.8 Å². The molecule has 0 aromatic heterocycles. The number of carbonyl (C=O) groups is 1. The van der Waals surface area contributed by atoms with Crippen molar-refractivity contribution in [3.05, 3.63) is 24.3 Å². The molecule has 20 heavy (non-hydrogen) atoms. The third-order valence-electron chi connectivity index (χ3n) is 2.75. The van der Waals surface area contributed by atoms with E-state index in [1.165, 1.54) is 23.5 Å². The minimum Gasteiger partial charge on any atom is -0.508 e. The highest BCUT2D eigenvalue weighted by Gasteiger charge is 2.21. The van der Waals surface area contributed by atoms with Crippen LogP contribution in [0.3, 0.4) is 0 Å². The summed E-state index contributed by atoms with van der Waals surface area (Å²) in [6.07, 6.45) is 0.262. The van der Waals surface area contributed by atoms with Gasteiger partial charge in [-0.2, -0.15) is 0 Å². The lowest BCUT2D eigenvalue weighted by molar-refractivity contribution is -0.140. The molecular weight excluding hydrogens is 282 g/mol. The number of rotatable bonds is 7. The Hall–Kier alpha value is -1.76. The number of benzene rings is 1. The molecule has 0 aliphatic rings. The number of hydrogen-bond acceptors (Lipinski definition) is 5. The van der Waals surface area contributed by atoms with Crippen LogP contribution in [0.1, 0.15) is 19.8 Å². The molecule has 0 saturated heterocycles. The Balaban J connectivity index is 2.80. The summed E-state index contributed by atoms with van der Waals surface area (Å²) in [5.74, 6) is -0.572. The Morgan fingerprint density at radius 3 is 2.65 bits per heavy atom. The van der Waals surface area contributed by atoms with Crippen molar-refractivity contribution < 1.29 is 23.1 Å². The van der Waals surface area contributed by atoms with Crippen molar-refractivity contribution in [1.29, 1.82) is 0 Å². The van der Waals surface area contributed by atoms with Crippen molar-refractivity contribution in [2.75, 3.05) is 23.7 Å². The van der Waals surface area contributed by atoms with E-state index in [1.807, 2.05) is 0 Å². The van der Waals surface area contributed by atoms with E-state index in [0.717, 1.165) is 0 Å². The monoisotopic (exact) mass is 301 g/mol. The van der Waals surface area contributed by atoms with Gasteiger partial charge in [0.1, 0.15) is 5.75 Å². The van der Waals surface area contributed by atoms with E-state index in [-0.39, 0.29) is 30.9 Å². The Morgan fingerprint density at radius 1 is 1.40 bits per heavy atom. The quantitative estimate of drug-likeness (QED) is 0.772. The van der Waals surface area contributed by atoms with Crippen molar-refractivity contribution >= 4 is 21.7 Å². The van der Waals surface area contributed by atoms with Gasteiger partial charge in [-0.1, -0.05) is 6.07 Å². The maximum atomic E-state index is 12.2. The third kappa shape index (κ3) is 4.41. The summed E-state index contributed by atoms with van der Waals surface area (Å²) in [7, 11) is -2.27. The van der Waals surface area contributed by atoms with Crippen molar-refractivity contribution in [3.63, 3.8) is 0 Å². The van der Waals surface area contributed by atoms with Crippen LogP contribution < -0.4 is 4.31 Å². The Bertz CT molecular complexity index is 556. The molecule has 1 N–H and O–H groups in total. The fraction of sp³-hybridized carbons (Fsp3) is 0.462. The molecule has 1 aromatic carbocycles. The van der Waals surface area contributed by atoms with Gasteiger partial charge in [0, 0.05) is 19.0 Å². The molecule has 0 atom stereocenters. The number of ether oxygens (including phenoxy) is 1. The zero-order valence-corrected chi connectivity index (χ0v) is 12.4. The molecule has 0 aliphatic heterocycles. The van der Waals surface area contributed by atoms with Crippen LogP contribution in [0.5, 0.6) is 5.75 Å². The molecule has 112 valence electrons. The van der Waals surface area contributed by atoms with Gasteiger partial charge in [-0.15, -0.1) is 0 Å². The number of anilines is 1. The molecule has 1 rings (SSSR count). The second-order valence-electron chi connectivity index (χ2n) is 4.18. The molecule has 6 nitrogen and oxygen atoms in total. The standard InChI is InChI=1S/C13H19NO5S/c1-3-14(11-6-4-7-12(15)10-11)20(17,18)9-5-8-13(16)19-2/h4,6-7,10,15H,3,5,8-9H2,1-2H3. The molecule has 0 amide bonds. The van der Waals surface area contributed by atoms with Crippen LogP contribution in [-0.2, 0) is 19.6 Å². The highest BCUT2D eigenvalue weighted by molar-refractivity contribution is 7.92. The van der Waals surface area contributed by atoms with Gasteiger partial charge in [0.15, 0.2) is 0 Å². The average Bonchev–Trinajstić information content (AvgIpc) is 2.38. The van der Waals surface area contributed by atoms with E-state index < -0.39 is 16.0 Å². The fourth-order valence-corrected chi connectivity index (χ4v) is 3.36. The molecule has 0 saturated carbocycles. The van der Waals surface area contributed by atoms with Crippen LogP contribution in [-0.4, -0.2) is 38.9 Å². The van der Waals surface area contributed by atoms with E-state index in [9.17, 15) is 18.3 Å². The zero-order valence-electron chi connectivity index (χ0n) is 11.6. The summed E-state index contributed by atoms with van der Waals surface area (Å²) in [4.78, 5) is 11.0. The lowest BCUT2D eigenvalue weighted by atomic mass is 10.3. The van der Waals surface area contributed by atoms with Crippen molar-refractivity contribution in [2.24, 2.45) is 0 Å². The van der Waals surface area contributed by atoms with Gasteiger partial charge in [0.25, 0.3) is 0 Å². The lowest BCUT2D eigenvalue weighted by Crippen LogP contribution is -2.33. The van der Waals surface area contributed by atoms with Crippen LogP contribution in [0.2, 0.25) is 0 Å². The van der Waals surface area contributed by atoms with E-state index in [1.54, 1.807) is 19.1 Å². The number of aromatic hydroxyl groups is 1. The van der Waals surface area contributed by atoms with Crippen molar-refractivity contribution in [1.82, 2.24) is 0 Å². The summed E-state index contributed by atoms with van der Waals surface area (Å²) in [6, 6.07) is 6.06. The third-order valence-corrected chi connectivity index (χ3v) is 4.70. The van der Waals surface area contributed by atoms with Crippen LogP contribution in [0.4, 0.5) is 5.69 Å². The molecule has 0 aliphatic carbocycles. The van der Waals surface area contributed by atoms with Gasteiger partial charge in [-0.05, 0) is 25.5 Å². The molecule has 0 unspecified atom stereocenters. The predicted molar refractivity (Wildman–Crippen MR) is 76.2 cm³/mol. The highest BCUT2D eigenvalue weighted by Crippen LogP contribution is 2.23. The second-order valence-corrected chi connectivity index (χ2v) is 6.19. The van der Waals surface area contributed by atoms with Crippen LogP contribution in [0.25, 0.3) is 0 Å². The SMILES string of the molecule is CCN(c1cccc(O)c1)S(=O)(=O)CCCC(=O)OC. The summed E-state index contributed by atoms with van der Waals surface area (Å²) in [5, 5.41) is 9.42. The van der Waals surface area contributed by atoms with E-state index >= 15 is 0 Å². The molecule has 0 bridgehead atoms. The van der Waals surface area contributed by atoms with Gasteiger partial charge in [0.2, 0.25) is 10.0 Å². The number of methoxy groups -OCH3 is 1. The smallest absolute Gasteiger partial charge is 0.305 e. The minimum atomic E-state index is -3.53. The first-order chi connectivity index (χ1) is 9.40. The van der Waals surface area contributed by atoms with Gasteiger partial charge in [-0.25, -0.2) is 8.42 Å². The molecule has 1 aromatic rings. The van der Waals surface area contributed by atoms with Gasteiger partial charge in [0.05, 0.1) is 18.6 Å². The van der Waals surface area contributed by atoms with Crippen LogP contribution in [0.15, 0.2) is 24.3 Å². The molecular formula is C13H19NO5S. The average molecular weight is 301 g/mol. The minimum absolute atomic E-state index is 0.00529. The number of carbonyl (C=O) groups excluding carboxylic acids is 1. The maximum absolute atomic E-state index is 12.2. The number of phenolic OH excluding ortho intramolecular Hbond substituents is 1. The first-order valence-electron chi connectivity index (χ1n) is 6.27. The maximum Gasteiger partial charge on any atom is 0.305 e. The normalized spacial score (nSPS) is 11.1. The lowest BCUT2D eigenvalue weighted by Gasteiger charge is -2.22. The Labute approximate surface area is 119 Å². The largest absolute Gasteiger partial charge is 0.508 e. The number of esters is 1. The summed E-state index contributed by atoms with van der Waals surface area (Å²) >= 11 is 0. The zero-order chi connectivity index (χ0) is 15.2. The number of sulfonamides is 1. The first-order valence-corrected chi connectivity index (χ1v) is 7.88. The van der Waals surface area contributed by atoms with Gasteiger partial charge in [-0.3, -0.25) is 9.10 Å². The molecule has 0 spiro atoms. The highest BCUT2D eigenvalue weighted by atomic mass is 32.2. The second kappa shape index (κ2) is 7.14. The fourth-order valence-electron chi connectivity index (χ4n) is 1.80. The van der Waals surface area contributed by atoms with Crippen molar-refractivity contribution in [3.8, 4) is 5.75 Å². The van der Waals surface area contributed by atoms with E-state index in [2.05, 4.69) is 4.74 Å². The molecule has 0 heterocycles. The van der Waals surface area contributed by atoms with Gasteiger partial charge < -0.3 is 9.84 Å². The van der Waals surface area contributed by atoms with Crippen LogP contribution in [0, 0.1) is 0 Å². The number of hydrogen-bond donors (Lipinski definition) is 1. The molecule has 7 heteroatoms. The molecule has 0 fully saturated rings. The summed E-state index contributed by atoms with van der Waals surface area (Å²) < 4.78 is 30.2. The summed E-state index contributed by atoms with van der Waals surface area (Å²) in [6.45, 7) is 1.96. The Kier molecular flexibility index (Phi) is 5.82. The van der Waals surface area contributed by atoms with Crippen LogP contribution >= 0.6 is 0 Å². The summed E-state index contributed by atoms with van der Waals surface area (Å²) in [5.41, 5.74) is 0.408. The van der Waals surface area contributed by atoms with E-state index in [4.69, 9.17) is 0 Å².